The second kappa shape index (κ2) is 6.84. The molecule has 23 heavy (non-hydrogen) atoms. The van der Waals surface area contributed by atoms with Crippen LogP contribution in [0.1, 0.15) is 51.2 Å². The van der Waals surface area contributed by atoms with Gasteiger partial charge in [-0.25, -0.2) is 0 Å². The number of rotatable bonds is 2. The molecule has 1 N–H and O–H groups in total. The van der Waals surface area contributed by atoms with Crippen LogP contribution in [-0.4, -0.2) is 12.2 Å². The normalized spacial score (nSPS) is 33.2. The molecule has 3 rings (SSSR count). The summed E-state index contributed by atoms with van der Waals surface area (Å²) in [5.74, 6) is 1.46. The molecule has 2 fully saturated rings. The van der Waals surface area contributed by atoms with Crippen LogP contribution < -0.4 is 4.74 Å². The van der Waals surface area contributed by atoms with Gasteiger partial charge >= 0.3 is 19.5 Å². The van der Waals surface area contributed by atoms with Gasteiger partial charge in [0.05, 0.1) is 7.11 Å². The molecule has 0 amide bonds. The second-order valence-corrected chi connectivity index (χ2v) is 7.59. The third-order valence-corrected chi connectivity index (χ3v) is 6.37. The Balaban J connectivity index is 0.00000161. The van der Waals surface area contributed by atoms with Gasteiger partial charge in [-0.1, -0.05) is 39.0 Å². The zero-order chi connectivity index (χ0) is 14.8. The summed E-state index contributed by atoms with van der Waals surface area (Å²) in [5.41, 5.74) is 1.12. The second-order valence-electron chi connectivity index (χ2n) is 7.59. The van der Waals surface area contributed by atoms with Crippen LogP contribution in [0.4, 0.5) is 0 Å². The van der Waals surface area contributed by atoms with E-state index in [0.717, 1.165) is 29.7 Å². The van der Waals surface area contributed by atoms with Crippen molar-refractivity contribution in [2.75, 3.05) is 7.11 Å². The number of fused-ring (bicyclic) bond motifs is 2. The molecule has 0 aliphatic heterocycles. The van der Waals surface area contributed by atoms with Gasteiger partial charge in [0.15, 0.2) is 0 Å². The van der Waals surface area contributed by atoms with Crippen LogP contribution >= 0.6 is 0 Å². The van der Waals surface area contributed by atoms with E-state index in [0.29, 0.717) is 5.92 Å². The molecule has 0 spiro atoms. The van der Waals surface area contributed by atoms with E-state index >= 15 is 0 Å². The van der Waals surface area contributed by atoms with Gasteiger partial charge < -0.3 is 24.7 Å². The van der Waals surface area contributed by atoms with E-state index in [4.69, 9.17) is 4.74 Å². The SMILES string of the molecule is COc1c(C)cccc1C1(O)C2(C)CCC(C2)C1(C)C.[CH3-].[CH3-].[Zn+2]. The Morgan fingerprint density at radius 2 is 1.78 bits per heavy atom. The maximum Gasteiger partial charge on any atom is 2.00 e. The average Bonchev–Trinajstić information content (AvgIpc) is 2.86. The Kier molecular flexibility index (Phi) is 6.73. The Morgan fingerprint density at radius 1 is 1.17 bits per heavy atom. The minimum atomic E-state index is -0.805. The Labute approximate surface area is 155 Å². The summed E-state index contributed by atoms with van der Waals surface area (Å²) in [4.78, 5) is 0. The van der Waals surface area contributed by atoms with Gasteiger partial charge in [0, 0.05) is 16.4 Å². The maximum absolute atomic E-state index is 11.8. The summed E-state index contributed by atoms with van der Waals surface area (Å²) in [6, 6.07) is 6.14. The van der Waals surface area contributed by atoms with Gasteiger partial charge in [0.2, 0.25) is 0 Å². The van der Waals surface area contributed by atoms with Gasteiger partial charge in [0.25, 0.3) is 0 Å². The summed E-state index contributed by atoms with van der Waals surface area (Å²) in [5, 5.41) is 11.8. The summed E-state index contributed by atoms with van der Waals surface area (Å²) in [6.07, 6.45) is 3.46. The Hall–Kier alpha value is -0.397. The number of methoxy groups -OCH3 is 1. The van der Waals surface area contributed by atoms with E-state index in [1.165, 1.54) is 6.42 Å². The number of aryl methyl sites for hydroxylation is 1. The molecular formula is C20H32O2Zn. The predicted molar refractivity (Wildman–Crippen MR) is 93.7 cm³/mol. The fraction of sp³-hybridized carbons (Fsp3) is 0.600. The fourth-order valence-corrected chi connectivity index (χ4v) is 5.14. The first-order valence-electron chi connectivity index (χ1n) is 7.64. The van der Waals surface area contributed by atoms with Crippen molar-refractivity contribution in [2.24, 2.45) is 16.7 Å². The Morgan fingerprint density at radius 3 is 2.26 bits per heavy atom. The fourth-order valence-electron chi connectivity index (χ4n) is 5.14. The van der Waals surface area contributed by atoms with Crippen molar-refractivity contribution in [2.45, 2.75) is 52.6 Å². The van der Waals surface area contributed by atoms with Gasteiger partial charge in [-0.15, -0.1) is 0 Å². The molecule has 3 heteroatoms. The van der Waals surface area contributed by atoms with Crippen molar-refractivity contribution in [3.63, 3.8) is 0 Å². The van der Waals surface area contributed by atoms with Crippen molar-refractivity contribution in [3.8, 4) is 5.75 Å². The first kappa shape index (κ1) is 22.6. The molecule has 0 radical (unpaired) electrons. The van der Waals surface area contributed by atoms with Crippen molar-refractivity contribution < 1.29 is 29.3 Å². The molecular weight excluding hydrogens is 338 g/mol. The molecule has 0 heterocycles. The summed E-state index contributed by atoms with van der Waals surface area (Å²) in [7, 11) is 1.71. The van der Waals surface area contributed by atoms with Crippen LogP contribution in [0.5, 0.6) is 5.75 Å². The van der Waals surface area contributed by atoms with Crippen LogP contribution in [0.3, 0.4) is 0 Å². The van der Waals surface area contributed by atoms with Crippen LogP contribution in [-0.2, 0) is 25.1 Å². The molecule has 2 aliphatic carbocycles. The van der Waals surface area contributed by atoms with Crippen molar-refractivity contribution >= 4 is 0 Å². The summed E-state index contributed by atoms with van der Waals surface area (Å²) >= 11 is 0. The molecule has 1 aromatic carbocycles. The van der Waals surface area contributed by atoms with Crippen LogP contribution in [0, 0.1) is 38.5 Å². The monoisotopic (exact) mass is 368 g/mol. The number of hydrogen-bond donors (Lipinski definition) is 1. The van der Waals surface area contributed by atoms with Crippen LogP contribution in [0.2, 0.25) is 0 Å². The molecule has 126 valence electrons. The van der Waals surface area contributed by atoms with E-state index in [9.17, 15) is 5.11 Å². The van der Waals surface area contributed by atoms with Crippen LogP contribution in [0.15, 0.2) is 18.2 Å². The first-order valence-corrected chi connectivity index (χ1v) is 7.64. The Bertz CT molecular complexity index is 548. The van der Waals surface area contributed by atoms with Crippen molar-refractivity contribution in [1.29, 1.82) is 0 Å². The largest absolute Gasteiger partial charge is 2.00 e. The molecule has 2 aliphatic rings. The maximum atomic E-state index is 11.8. The van der Waals surface area contributed by atoms with Crippen molar-refractivity contribution in [3.05, 3.63) is 44.2 Å². The molecule has 3 atom stereocenters. The van der Waals surface area contributed by atoms with E-state index in [1.54, 1.807) is 7.11 Å². The topological polar surface area (TPSA) is 29.5 Å². The minimum Gasteiger partial charge on any atom is -0.496 e. The van der Waals surface area contributed by atoms with Crippen molar-refractivity contribution in [1.82, 2.24) is 0 Å². The average molecular weight is 370 g/mol. The smallest absolute Gasteiger partial charge is 0.496 e. The van der Waals surface area contributed by atoms with Crippen LogP contribution in [0.25, 0.3) is 0 Å². The number of aliphatic hydroxyl groups is 1. The van der Waals surface area contributed by atoms with E-state index in [1.807, 2.05) is 19.1 Å². The molecule has 2 nitrogen and oxygen atoms in total. The van der Waals surface area contributed by atoms with Gasteiger partial charge in [-0.05, 0) is 37.7 Å². The van der Waals surface area contributed by atoms with E-state index < -0.39 is 5.60 Å². The standard InChI is InChI=1S/C18H26O2.2CH3.Zn/c1-12-7-6-8-14(15(12)20-5)18(19)16(2,3)13-9-10-17(18,4)11-13;;;/h6-8,13,19H,9-11H2,1-5H3;2*1H3;/q;2*-1;+2. The summed E-state index contributed by atoms with van der Waals surface area (Å²) < 4.78 is 5.64. The molecule has 2 saturated carbocycles. The predicted octanol–water partition coefficient (Wildman–Crippen LogP) is 4.94. The van der Waals surface area contributed by atoms with Gasteiger partial charge in [-0.2, -0.15) is 0 Å². The minimum absolute atomic E-state index is 0. The third kappa shape index (κ3) is 2.59. The molecule has 2 bridgehead atoms. The molecule has 3 unspecified atom stereocenters. The zero-order valence-corrected chi connectivity index (χ0v) is 19.0. The first-order chi connectivity index (χ1) is 9.28. The number of benzene rings is 1. The van der Waals surface area contributed by atoms with E-state index in [2.05, 4.69) is 26.8 Å². The zero-order valence-electron chi connectivity index (χ0n) is 16.0. The van der Waals surface area contributed by atoms with Gasteiger partial charge in [-0.3, -0.25) is 0 Å². The summed E-state index contributed by atoms with van der Waals surface area (Å²) in [6.45, 7) is 8.76. The van der Waals surface area contributed by atoms with Gasteiger partial charge in [0.1, 0.15) is 11.4 Å². The quantitative estimate of drug-likeness (QED) is 0.591. The molecule has 0 saturated heterocycles. The number of para-hydroxylation sites is 1. The molecule has 1 aromatic rings. The number of ether oxygens (including phenoxy) is 1. The number of hydrogen-bond acceptors (Lipinski definition) is 2. The third-order valence-electron chi connectivity index (χ3n) is 6.37. The van der Waals surface area contributed by atoms with E-state index in [-0.39, 0.29) is 45.2 Å². The molecule has 0 aromatic heterocycles.